The minimum atomic E-state index is -4.56. The van der Waals surface area contributed by atoms with Crippen LogP contribution in [0.15, 0.2) is 66.7 Å². The van der Waals surface area contributed by atoms with Gasteiger partial charge >= 0.3 is 12.2 Å². The van der Waals surface area contributed by atoms with E-state index < -0.39 is 23.7 Å². The predicted molar refractivity (Wildman–Crippen MR) is 138 cm³/mol. The number of rotatable bonds is 4. The zero-order valence-electron chi connectivity index (χ0n) is 18.2. The van der Waals surface area contributed by atoms with Crippen LogP contribution in [0.5, 0.6) is 11.5 Å². The lowest BCUT2D eigenvalue weighted by atomic mass is 10.0. The molecule has 0 aromatic heterocycles. The van der Waals surface area contributed by atoms with Crippen molar-refractivity contribution in [1.29, 1.82) is 0 Å². The zero-order valence-corrected chi connectivity index (χ0v) is 21.2. The fraction of sp³-hybridized carbons (Fsp3) is 0.0400. The second kappa shape index (κ2) is 10.7. The number of amides is 3. The highest BCUT2D eigenvalue weighted by molar-refractivity contribution is 6.40. The summed E-state index contributed by atoms with van der Waals surface area (Å²) < 4.78 is 46.0. The molecule has 0 bridgehead atoms. The molecule has 0 atom stereocenters. The standard InChI is InChI=1S/C25H13Cl4F3N2O3/c26-16-6-3-7-17(27)21(16)23(35)34-24(36)33-12-10-18(28)22(19(29)11-12)37-20-9-8-15(25(30,31)32)13-4-1-2-5-14(13)20/h1-11H,(H2,33,34,35,36). The molecule has 4 aromatic carbocycles. The molecule has 0 unspecified atom stereocenters. The summed E-state index contributed by atoms with van der Waals surface area (Å²) >= 11 is 24.6. The fourth-order valence-electron chi connectivity index (χ4n) is 3.49. The van der Waals surface area contributed by atoms with Gasteiger partial charge in [-0.05, 0) is 41.8 Å². The van der Waals surface area contributed by atoms with E-state index in [9.17, 15) is 22.8 Å². The summed E-state index contributed by atoms with van der Waals surface area (Å²) in [5.74, 6) is -0.786. The van der Waals surface area contributed by atoms with E-state index in [4.69, 9.17) is 51.1 Å². The summed E-state index contributed by atoms with van der Waals surface area (Å²) in [6.07, 6.45) is -4.56. The molecule has 190 valence electrons. The van der Waals surface area contributed by atoms with E-state index in [1.165, 1.54) is 48.5 Å². The summed E-state index contributed by atoms with van der Waals surface area (Å²) in [5.41, 5.74) is -0.787. The molecule has 0 spiro atoms. The van der Waals surface area contributed by atoms with Crippen molar-refractivity contribution in [2.24, 2.45) is 0 Å². The van der Waals surface area contributed by atoms with Crippen LogP contribution in [0.3, 0.4) is 0 Å². The summed E-state index contributed by atoms with van der Waals surface area (Å²) in [6.45, 7) is 0. The van der Waals surface area contributed by atoms with Gasteiger partial charge in [0.1, 0.15) is 5.75 Å². The van der Waals surface area contributed by atoms with Gasteiger partial charge in [0, 0.05) is 11.1 Å². The third-order valence-electron chi connectivity index (χ3n) is 5.07. The van der Waals surface area contributed by atoms with Crippen LogP contribution in [0.4, 0.5) is 23.7 Å². The average molecular weight is 588 g/mol. The van der Waals surface area contributed by atoms with E-state index in [0.717, 1.165) is 6.07 Å². The van der Waals surface area contributed by atoms with E-state index >= 15 is 0 Å². The van der Waals surface area contributed by atoms with Gasteiger partial charge in [-0.2, -0.15) is 13.2 Å². The molecule has 0 aliphatic carbocycles. The first kappa shape index (κ1) is 26.9. The molecule has 3 amide bonds. The third kappa shape index (κ3) is 5.88. The number of fused-ring (bicyclic) bond motifs is 1. The van der Waals surface area contributed by atoms with Gasteiger partial charge in [0.2, 0.25) is 0 Å². The maximum Gasteiger partial charge on any atom is 0.417 e. The van der Waals surface area contributed by atoms with Crippen LogP contribution in [0.1, 0.15) is 15.9 Å². The van der Waals surface area contributed by atoms with Gasteiger partial charge in [-0.3, -0.25) is 10.1 Å². The highest BCUT2D eigenvalue weighted by atomic mass is 35.5. The molecule has 2 N–H and O–H groups in total. The van der Waals surface area contributed by atoms with Crippen molar-refractivity contribution in [1.82, 2.24) is 5.32 Å². The quantitative estimate of drug-likeness (QED) is 0.250. The lowest BCUT2D eigenvalue weighted by Crippen LogP contribution is -2.34. The summed E-state index contributed by atoms with van der Waals surface area (Å²) in [4.78, 5) is 24.7. The monoisotopic (exact) mass is 586 g/mol. The molecule has 5 nitrogen and oxygen atoms in total. The van der Waals surface area contributed by atoms with Gasteiger partial charge in [-0.25, -0.2) is 4.79 Å². The number of hydrogen-bond acceptors (Lipinski definition) is 3. The van der Waals surface area contributed by atoms with E-state index in [-0.39, 0.29) is 53.6 Å². The van der Waals surface area contributed by atoms with Crippen molar-refractivity contribution in [3.05, 3.63) is 97.9 Å². The summed E-state index contributed by atoms with van der Waals surface area (Å²) in [7, 11) is 0. The number of ether oxygens (including phenoxy) is 1. The first-order valence-electron chi connectivity index (χ1n) is 10.3. The Balaban J connectivity index is 1.56. The SMILES string of the molecule is O=C(NC(=O)c1c(Cl)cccc1Cl)Nc1cc(Cl)c(Oc2ccc(C(F)(F)F)c3ccccc23)c(Cl)c1. The van der Waals surface area contributed by atoms with Gasteiger partial charge in [0.25, 0.3) is 5.91 Å². The molecule has 0 heterocycles. The van der Waals surface area contributed by atoms with Crippen LogP contribution < -0.4 is 15.4 Å². The first-order valence-corrected chi connectivity index (χ1v) is 11.8. The van der Waals surface area contributed by atoms with Gasteiger partial charge < -0.3 is 10.1 Å². The number of carbonyl (C=O) groups is 2. The summed E-state index contributed by atoms with van der Waals surface area (Å²) in [5, 5.41) is 4.65. The van der Waals surface area contributed by atoms with E-state index in [1.807, 2.05) is 0 Å². The van der Waals surface area contributed by atoms with E-state index in [0.29, 0.717) is 0 Å². The lowest BCUT2D eigenvalue weighted by molar-refractivity contribution is -0.136. The molecule has 0 fully saturated rings. The topological polar surface area (TPSA) is 67.4 Å². The van der Waals surface area contributed by atoms with E-state index in [2.05, 4.69) is 10.6 Å². The fourth-order valence-corrected chi connectivity index (χ4v) is 4.62. The third-order valence-corrected chi connectivity index (χ3v) is 6.27. The molecule has 0 aliphatic rings. The van der Waals surface area contributed by atoms with Crippen LogP contribution in [0.2, 0.25) is 20.1 Å². The number of benzene rings is 4. The van der Waals surface area contributed by atoms with Crippen LogP contribution in [-0.4, -0.2) is 11.9 Å². The molecule has 0 aliphatic heterocycles. The Morgan fingerprint density at radius 1 is 0.757 bits per heavy atom. The molecule has 0 radical (unpaired) electrons. The molecule has 4 rings (SSSR count). The molecular formula is C25H13Cl4F3N2O3. The zero-order chi connectivity index (χ0) is 26.9. The number of urea groups is 1. The highest BCUT2D eigenvalue weighted by Crippen LogP contribution is 2.43. The van der Waals surface area contributed by atoms with Gasteiger partial charge in [0.15, 0.2) is 5.75 Å². The van der Waals surface area contributed by atoms with Crippen LogP contribution >= 0.6 is 46.4 Å². The first-order chi connectivity index (χ1) is 17.5. The number of carbonyl (C=O) groups excluding carboxylic acids is 2. The minimum absolute atomic E-state index is 0.0434. The van der Waals surface area contributed by atoms with Crippen molar-refractivity contribution >= 4 is 74.8 Å². The van der Waals surface area contributed by atoms with Crippen LogP contribution in [-0.2, 0) is 6.18 Å². The second-order valence-electron chi connectivity index (χ2n) is 7.53. The van der Waals surface area contributed by atoms with Crippen LogP contribution in [0.25, 0.3) is 10.8 Å². The Kier molecular flexibility index (Phi) is 7.75. The number of imide groups is 1. The maximum atomic E-state index is 13.4. The Labute approximate surface area is 228 Å². The van der Waals surface area contributed by atoms with Crippen molar-refractivity contribution in [2.45, 2.75) is 6.18 Å². The Bertz CT molecular complexity index is 1500. The molecule has 37 heavy (non-hydrogen) atoms. The normalized spacial score (nSPS) is 11.3. The summed E-state index contributed by atoms with van der Waals surface area (Å²) in [6, 6.07) is 14.0. The lowest BCUT2D eigenvalue weighted by Gasteiger charge is -2.16. The Morgan fingerprint density at radius 2 is 1.35 bits per heavy atom. The number of anilines is 1. The van der Waals surface area contributed by atoms with Crippen molar-refractivity contribution in [3.8, 4) is 11.5 Å². The Morgan fingerprint density at radius 3 is 1.95 bits per heavy atom. The Hall–Kier alpha value is -3.17. The second-order valence-corrected chi connectivity index (χ2v) is 9.16. The number of halogens is 7. The average Bonchev–Trinajstić information content (AvgIpc) is 2.80. The van der Waals surface area contributed by atoms with Crippen molar-refractivity contribution in [3.63, 3.8) is 0 Å². The van der Waals surface area contributed by atoms with Gasteiger partial charge in [0.05, 0.1) is 31.2 Å². The minimum Gasteiger partial charge on any atom is -0.454 e. The van der Waals surface area contributed by atoms with Crippen LogP contribution in [0, 0.1) is 0 Å². The smallest absolute Gasteiger partial charge is 0.417 e. The van der Waals surface area contributed by atoms with Crippen molar-refractivity contribution in [2.75, 3.05) is 5.32 Å². The molecular weight excluding hydrogens is 575 g/mol. The highest BCUT2D eigenvalue weighted by Gasteiger charge is 2.33. The van der Waals surface area contributed by atoms with E-state index in [1.54, 1.807) is 12.1 Å². The van der Waals surface area contributed by atoms with Gasteiger partial charge in [-0.15, -0.1) is 0 Å². The van der Waals surface area contributed by atoms with Crippen molar-refractivity contribution < 1.29 is 27.5 Å². The molecule has 0 saturated carbocycles. The predicted octanol–water partition coefficient (Wildman–Crippen LogP) is 9.23. The molecule has 4 aromatic rings. The maximum absolute atomic E-state index is 13.4. The number of hydrogen-bond donors (Lipinski definition) is 2. The number of alkyl halides is 3. The van der Waals surface area contributed by atoms with Gasteiger partial charge in [-0.1, -0.05) is 76.7 Å². The molecule has 0 saturated heterocycles. The number of nitrogens with one attached hydrogen (secondary N) is 2. The molecule has 12 heteroatoms. The largest absolute Gasteiger partial charge is 0.454 e.